The lowest BCUT2D eigenvalue weighted by Gasteiger charge is -2.49. The van der Waals surface area contributed by atoms with Crippen molar-refractivity contribution in [1.29, 1.82) is 0 Å². The van der Waals surface area contributed by atoms with Gasteiger partial charge in [-0.15, -0.1) is 0 Å². The van der Waals surface area contributed by atoms with Crippen LogP contribution < -0.4 is 4.90 Å². The number of anilines is 1. The second kappa shape index (κ2) is 11.0. The molecule has 0 spiro atoms. The maximum atomic E-state index is 14.4. The first-order chi connectivity index (χ1) is 21.9. The van der Waals surface area contributed by atoms with Gasteiger partial charge in [0.15, 0.2) is 0 Å². The molecule has 8 nitrogen and oxygen atoms in total. The Morgan fingerprint density at radius 1 is 0.870 bits per heavy atom. The predicted octanol–water partition coefficient (Wildman–Crippen LogP) is 6.02. The molecule has 6 atom stereocenters. The molecule has 2 aliphatic carbocycles. The molecule has 0 aromatic heterocycles. The van der Waals surface area contributed by atoms with Crippen molar-refractivity contribution in [1.82, 2.24) is 4.90 Å². The number of likely N-dealkylation sites (tertiary alicyclic amines) is 1. The summed E-state index contributed by atoms with van der Waals surface area (Å²) >= 11 is 12.8. The molecule has 2 aliphatic heterocycles. The van der Waals surface area contributed by atoms with Gasteiger partial charge in [-0.05, 0) is 85.7 Å². The van der Waals surface area contributed by atoms with E-state index in [9.17, 15) is 33.8 Å². The molecule has 3 aromatic carbocycles. The summed E-state index contributed by atoms with van der Waals surface area (Å²) in [4.78, 5) is 58.7. The summed E-state index contributed by atoms with van der Waals surface area (Å²) in [7, 11) is 0. The van der Waals surface area contributed by atoms with Crippen LogP contribution in [0.1, 0.15) is 36.8 Å². The second-order valence-electron chi connectivity index (χ2n) is 12.7. The van der Waals surface area contributed by atoms with E-state index in [4.69, 9.17) is 23.2 Å². The number of hydrogen-bond acceptors (Lipinski definition) is 6. The van der Waals surface area contributed by atoms with Gasteiger partial charge in [0.25, 0.3) is 0 Å². The van der Waals surface area contributed by atoms with Crippen LogP contribution in [0.2, 0.25) is 10.0 Å². The van der Waals surface area contributed by atoms with Crippen LogP contribution in [0, 0.1) is 34.9 Å². The van der Waals surface area contributed by atoms with Crippen LogP contribution in [0.15, 0.2) is 72.3 Å². The standard InChI is InChI=1S/C35H29Cl2FN2O6/c1-35-25(32(44)40(34(35)46)18-4-11-28(38)27(37)14-18)16-24-21(30(35)22-8-7-20(42)15-26(22)36)9-10-23-29(24)33(45)39(31(23)43)13-12-17-2-5-19(41)6-3-17/h2-9,11,14-15,23-25,29-30,41-42H,10,12-13,16H2,1H3/t23-,24+,25-,29-,30+,35+/m0/s1. The lowest BCUT2D eigenvalue weighted by atomic mass is 9.51. The van der Waals surface area contributed by atoms with Gasteiger partial charge in [0.2, 0.25) is 23.6 Å². The molecule has 236 valence electrons. The number of nitrogens with zero attached hydrogens (tertiary/aromatic N) is 2. The Morgan fingerprint density at radius 2 is 1.59 bits per heavy atom. The fourth-order valence-electron chi connectivity index (χ4n) is 8.17. The lowest BCUT2D eigenvalue weighted by Crippen LogP contribution is -2.49. The number of benzene rings is 3. The normalized spacial score (nSPS) is 28.7. The van der Waals surface area contributed by atoms with Crippen molar-refractivity contribution < 1.29 is 33.8 Å². The molecule has 2 heterocycles. The molecule has 4 amide bonds. The van der Waals surface area contributed by atoms with Crippen LogP contribution in [0.5, 0.6) is 11.5 Å². The molecule has 1 saturated carbocycles. The number of rotatable bonds is 5. The van der Waals surface area contributed by atoms with Crippen molar-refractivity contribution in [3.8, 4) is 11.5 Å². The van der Waals surface area contributed by atoms with E-state index in [-0.39, 0.29) is 58.4 Å². The number of hydrogen-bond donors (Lipinski definition) is 2. The molecule has 0 unspecified atom stereocenters. The molecular weight excluding hydrogens is 634 g/mol. The lowest BCUT2D eigenvalue weighted by molar-refractivity contribution is -0.140. The minimum atomic E-state index is -1.35. The Kier molecular flexibility index (Phi) is 7.25. The zero-order valence-corrected chi connectivity index (χ0v) is 26.1. The maximum Gasteiger partial charge on any atom is 0.241 e. The predicted molar refractivity (Wildman–Crippen MR) is 168 cm³/mol. The summed E-state index contributed by atoms with van der Waals surface area (Å²) in [6, 6.07) is 14.7. The summed E-state index contributed by atoms with van der Waals surface area (Å²) in [6.45, 7) is 1.88. The maximum absolute atomic E-state index is 14.4. The van der Waals surface area contributed by atoms with E-state index >= 15 is 0 Å². The minimum absolute atomic E-state index is 0.0715. The zero-order valence-electron chi connectivity index (χ0n) is 24.6. The van der Waals surface area contributed by atoms with Gasteiger partial charge in [-0.2, -0.15) is 0 Å². The SMILES string of the molecule is C[C@@]12C(=O)N(c3ccc(F)c(Cl)c3)C(=O)[C@@H]1C[C@@H]1C(=CC[C@@H]3C(=O)N(CCc4ccc(O)cc4)C(=O)[C@@H]31)[C@@H]2c1ccc(O)cc1Cl. The Balaban J connectivity index is 1.30. The van der Waals surface area contributed by atoms with Crippen LogP contribution >= 0.6 is 23.2 Å². The first kappa shape index (κ1) is 30.4. The van der Waals surface area contributed by atoms with Crippen LogP contribution in [0.4, 0.5) is 10.1 Å². The highest BCUT2D eigenvalue weighted by Crippen LogP contribution is 2.64. The summed E-state index contributed by atoms with van der Waals surface area (Å²) < 4.78 is 14.1. The van der Waals surface area contributed by atoms with E-state index in [1.807, 2.05) is 6.08 Å². The van der Waals surface area contributed by atoms with Crippen molar-refractivity contribution in [2.45, 2.75) is 32.1 Å². The van der Waals surface area contributed by atoms with Gasteiger partial charge in [0.1, 0.15) is 17.3 Å². The number of amides is 4. The molecule has 2 N–H and O–H groups in total. The van der Waals surface area contributed by atoms with E-state index in [1.54, 1.807) is 37.3 Å². The summed E-state index contributed by atoms with van der Waals surface area (Å²) in [6.07, 6.45) is 2.77. The smallest absolute Gasteiger partial charge is 0.241 e. The number of imide groups is 2. The number of halogens is 3. The van der Waals surface area contributed by atoms with Crippen molar-refractivity contribution in [3.05, 3.63) is 99.3 Å². The zero-order chi connectivity index (χ0) is 32.7. The number of phenols is 2. The minimum Gasteiger partial charge on any atom is -0.508 e. The number of aromatic hydroxyl groups is 2. The van der Waals surface area contributed by atoms with Gasteiger partial charge in [-0.3, -0.25) is 24.1 Å². The second-order valence-corrected chi connectivity index (χ2v) is 13.5. The molecule has 2 saturated heterocycles. The highest BCUT2D eigenvalue weighted by atomic mass is 35.5. The van der Waals surface area contributed by atoms with Crippen molar-refractivity contribution >= 4 is 52.5 Å². The fourth-order valence-corrected chi connectivity index (χ4v) is 8.63. The van der Waals surface area contributed by atoms with Crippen LogP contribution in [-0.4, -0.2) is 45.3 Å². The third-order valence-electron chi connectivity index (χ3n) is 10.4. The van der Waals surface area contributed by atoms with E-state index in [0.717, 1.165) is 22.1 Å². The average Bonchev–Trinajstić information content (AvgIpc) is 3.38. The van der Waals surface area contributed by atoms with Crippen molar-refractivity contribution in [3.63, 3.8) is 0 Å². The van der Waals surface area contributed by atoms with Crippen LogP contribution in [0.3, 0.4) is 0 Å². The topological polar surface area (TPSA) is 115 Å². The Bertz CT molecular complexity index is 1860. The van der Waals surface area contributed by atoms with Gasteiger partial charge in [-0.1, -0.05) is 53.1 Å². The third kappa shape index (κ3) is 4.47. The third-order valence-corrected chi connectivity index (χ3v) is 11.0. The molecule has 0 radical (unpaired) electrons. The highest BCUT2D eigenvalue weighted by Gasteiger charge is 2.67. The molecule has 11 heteroatoms. The number of phenolic OH excluding ortho intramolecular Hbond substituents is 2. The average molecular weight is 664 g/mol. The molecule has 3 aromatic rings. The van der Waals surface area contributed by atoms with E-state index in [2.05, 4.69) is 0 Å². The molecular formula is C35H29Cl2FN2O6. The van der Waals surface area contributed by atoms with E-state index in [0.29, 0.717) is 12.0 Å². The quantitative estimate of drug-likeness (QED) is 0.255. The Hall–Kier alpha value is -4.21. The largest absolute Gasteiger partial charge is 0.508 e. The van der Waals surface area contributed by atoms with Crippen LogP contribution in [-0.2, 0) is 25.6 Å². The van der Waals surface area contributed by atoms with E-state index in [1.165, 1.54) is 29.2 Å². The fraction of sp³-hybridized carbons (Fsp3) is 0.314. The Morgan fingerprint density at radius 3 is 2.28 bits per heavy atom. The van der Waals surface area contributed by atoms with Crippen molar-refractivity contribution in [2.75, 3.05) is 11.4 Å². The summed E-state index contributed by atoms with van der Waals surface area (Å²) in [5, 5.41) is 19.7. The summed E-state index contributed by atoms with van der Waals surface area (Å²) in [5.41, 5.74) is 0.920. The molecule has 4 aliphatic rings. The molecule has 3 fully saturated rings. The first-order valence-electron chi connectivity index (χ1n) is 15.1. The molecule has 7 rings (SSSR count). The van der Waals surface area contributed by atoms with Gasteiger partial charge in [-0.25, -0.2) is 9.29 Å². The van der Waals surface area contributed by atoms with Crippen molar-refractivity contribution in [2.24, 2.45) is 29.1 Å². The molecule has 46 heavy (non-hydrogen) atoms. The first-order valence-corrected chi connectivity index (χ1v) is 15.8. The summed E-state index contributed by atoms with van der Waals surface area (Å²) in [5.74, 6) is -5.76. The number of carbonyl (C=O) groups excluding carboxylic acids is 4. The highest BCUT2D eigenvalue weighted by molar-refractivity contribution is 6.32. The van der Waals surface area contributed by atoms with Gasteiger partial charge in [0, 0.05) is 17.5 Å². The van der Waals surface area contributed by atoms with Crippen LogP contribution in [0.25, 0.3) is 0 Å². The van der Waals surface area contributed by atoms with E-state index < -0.39 is 52.6 Å². The van der Waals surface area contributed by atoms with Gasteiger partial charge in [0.05, 0.1) is 33.9 Å². The Labute approximate surface area is 274 Å². The molecule has 0 bridgehead atoms. The number of carbonyl (C=O) groups is 4. The monoisotopic (exact) mass is 662 g/mol. The number of fused-ring (bicyclic) bond motifs is 4. The van der Waals surface area contributed by atoms with Gasteiger partial charge >= 0.3 is 0 Å². The van der Waals surface area contributed by atoms with Gasteiger partial charge < -0.3 is 10.2 Å². The number of allylic oxidation sites excluding steroid dienone is 2.